The van der Waals surface area contributed by atoms with E-state index in [4.69, 9.17) is 4.74 Å². The molecule has 2 aromatic carbocycles. The molecule has 0 aliphatic rings. The number of benzene rings is 2. The molecule has 0 radical (unpaired) electrons. The third-order valence-electron chi connectivity index (χ3n) is 4.08. The predicted octanol–water partition coefficient (Wildman–Crippen LogP) is 4.18. The summed E-state index contributed by atoms with van der Waals surface area (Å²) in [6.07, 6.45) is 3.19. The van der Waals surface area contributed by atoms with Crippen LogP contribution in [0.4, 0.5) is 5.69 Å². The maximum absolute atomic E-state index is 12.5. The van der Waals surface area contributed by atoms with Crippen LogP contribution in [-0.2, 0) is 0 Å². The number of unbranched alkanes of at least 4 members (excludes halogenated alkanes) is 2. The van der Waals surface area contributed by atoms with Gasteiger partial charge in [-0.25, -0.2) is 0 Å². The van der Waals surface area contributed by atoms with E-state index < -0.39 is 0 Å². The van der Waals surface area contributed by atoms with E-state index >= 15 is 0 Å². The number of aryl methyl sites for hydroxylation is 1. The highest BCUT2D eigenvalue weighted by Crippen LogP contribution is 2.25. The molecule has 138 valence electrons. The molecule has 0 bridgehead atoms. The molecule has 2 rings (SSSR count). The number of carbonyl (C=O) groups excluding carboxylic acids is 2. The fourth-order valence-electron chi connectivity index (χ4n) is 2.57. The average Bonchev–Trinajstić information content (AvgIpc) is 2.65. The van der Waals surface area contributed by atoms with Gasteiger partial charge >= 0.3 is 0 Å². The Balaban J connectivity index is 2.00. The summed E-state index contributed by atoms with van der Waals surface area (Å²) >= 11 is 0. The largest absolute Gasteiger partial charge is 0.495 e. The number of hydrogen-bond donors (Lipinski definition) is 2. The minimum absolute atomic E-state index is 0.117. The summed E-state index contributed by atoms with van der Waals surface area (Å²) in [4.78, 5) is 24.5. The van der Waals surface area contributed by atoms with Gasteiger partial charge in [-0.2, -0.15) is 0 Å². The van der Waals surface area contributed by atoms with E-state index in [1.54, 1.807) is 31.4 Å². The van der Waals surface area contributed by atoms with Gasteiger partial charge in [0, 0.05) is 17.7 Å². The van der Waals surface area contributed by atoms with Crippen molar-refractivity contribution >= 4 is 17.5 Å². The second kappa shape index (κ2) is 9.61. The molecule has 0 aliphatic carbocycles. The summed E-state index contributed by atoms with van der Waals surface area (Å²) < 4.78 is 5.27. The predicted molar refractivity (Wildman–Crippen MR) is 104 cm³/mol. The maximum atomic E-state index is 12.5. The van der Waals surface area contributed by atoms with Gasteiger partial charge in [0.2, 0.25) is 0 Å². The second-order valence-electron chi connectivity index (χ2n) is 6.20. The molecule has 5 nitrogen and oxygen atoms in total. The van der Waals surface area contributed by atoms with Crippen molar-refractivity contribution in [2.24, 2.45) is 0 Å². The minimum Gasteiger partial charge on any atom is -0.495 e. The quantitative estimate of drug-likeness (QED) is 0.699. The smallest absolute Gasteiger partial charge is 0.255 e. The van der Waals surface area contributed by atoms with Crippen LogP contribution in [0.2, 0.25) is 0 Å². The van der Waals surface area contributed by atoms with Crippen molar-refractivity contribution in [3.8, 4) is 5.75 Å². The number of anilines is 1. The van der Waals surface area contributed by atoms with E-state index in [1.807, 2.05) is 25.1 Å². The van der Waals surface area contributed by atoms with Gasteiger partial charge in [-0.05, 0) is 55.3 Å². The number of amides is 2. The van der Waals surface area contributed by atoms with Gasteiger partial charge in [0.05, 0.1) is 12.8 Å². The minimum atomic E-state index is -0.246. The Morgan fingerprint density at radius 1 is 0.962 bits per heavy atom. The number of methoxy groups -OCH3 is 1. The zero-order valence-electron chi connectivity index (χ0n) is 15.6. The number of ether oxygens (including phenoxy) is 1. The highest BCUT2D eigenvalue weighted by Gasteiger charge is 2.11. The molecule has 2 amide bonds. The molecular weight excluding hydrogens is 328 g/mol. The second-order valence-corrected chi connectivity index (χ2v) is 6.20. The van der Waals surface area contributed by atoms with Gasteiger partial charge in [0.1, 0.15) is 5.75 Å². The normalized spacial score (nSPS) is 10.3. The summed E-state index contributed by atoms with van der Waals surface area (Å²) in [6, 6.07) is 12.2. The van der Waals surface area contributed by atoms with Crippen LogP contribution in [0.1, 0.15) is 52.5 Å². The van der Waals surface area contributed by atoms with Gasteiger partial charge < -0.3 is 15.4 Å². The van der Waals surface area contributed by atoms with Crippen molar-refractivity contribution in [1.29, 1.82) is 0 Å². The molecule has 0 atom stereocenters. The van der Waals surface area contributed by atoms with E-state index in [-0.39, 0.29) is 11.8 Å². The lowest BCUT2D eigenvalue weighted by molar-refractivity contribution is 0.0951. The number of hydrogen-bond acceptors (Lipinski definition) is 3. The Labute approximate surface area is 154 Å². The van der Waals surface area contributed by atoms with E-state index in [2.05, 4.69) is 17.6 Å². The summed E-state index contributed by atoms with van der Waals surface area (Å²) in [7, 11) is 1.56. The Hall–Kier alpha value is -2.82. The molecule has 0 fully saturated rings. The van der Waals surface area contributed by atoms with Crippen LogP contribution in [0.5, 0.6) is 5.75 Å². The fourth-order valence-corrected chi connectivity index (χ4v) is 2.57. The van der Waals surface area contributed by atoms with Crippen molar-refractivity contribution in [1.82, 2.24) is 5.32 Å². The summed E-state index contributed by atoms with van der Waals surface area (Å²) in [5.41, 5.74) is 2.67. The lowest BCUT2D eigenvalue weighted by Crippen LogP contribution is -2.24. The van der Waals surface area contributed by atoms with Crippen LogP contribution in [0.25, 0.3) is 0 Å². The first-order chi connectivity index (χ1) is 12.5. The molecule has 2 N–H and O–H groups in total. The van der Waals surface area contributed by atoms with E-state index in [0.29, 0.717) is 29.1 Å². The lowest BCUT2D eigenvalue weighted by atomic mass is 10.1. The topological polar surface area (TPSA) is 67.4 Å². The highest BCUT2D eigenvalue weighted by molar-refractivity contribution is 6.05. The standard InChI is InChI=1S/C21H26N2O3/c1-4-5-6-13-22-20(24)16-8-10-17(11-9-16)21(25)23-18-14-15(2)7-12-19(18)26-3/h7-12,14H,4-6,13H2,1-3H3,(H,22,24)(H,23,25). The first kappa shape index (κ1) is 19.5. The van der Waals surface area contributed by atoms with Gasteiger partial charge in [0.25, 0.3) is 11.8 Å². The Kier molecular flexibility index (Phi) is 7.21. The zero-order chi connectivity index (χ0) is 18.9. The highest BCUT2D eigenvalue weighted by atomic mass is 16.5. The van der Waals surface area contributed by atoms with Crippen LogP contribution < -0.4 is 15.4 Å². The van der Waals surface area contributed by atoms with Crippen LogP contribution in [0, 0.1) is 6.92 Å². The molecule has 0 aliphatic heterocycles. The van der Waals surface area contributed by atoms with Crippen LogP contribution in [-0.4, -0.2) is 25.5 Å². The molecule has 0 saturated carbocycles. The fraction of sp³-hybridized carbons (Fsp3) is 0.333. The lowest BCUT2D eigenvalue weighted by Gasteiger charge is -2.11. The monoisotopic (exact) mass is 354 g/mol. The van der Waals surface area contributed by atoms with Crippen molar-refractivity contribution in [3.05, 3.63) is 59.2 Å². The number of rotatable bonds is 8. The first-order valence-corrected chi connectivity index (χ1v) is 8.89. The van der Waals surface area contributed by atoms with Crippen molar-refractivity contribution < 1.29 is 14.3 Å². The first-order valence-electron chi connectivity index (χ1n) is 8.89. The Bertz CT molecular complexity index is 754. The maximum Gasteiger partial charge on any atom is 0.255 e. The Morgan fingerprint density at radius 2 is 1.62 bits per heavy atom. The molecule has 0 heterocycles. The van der Waals surface area contributed by atoms with Gasteiger partial charge in [-0.1, -0.05) is 25.8 Å². The van der Waals surface area contributed by atoms with Crippen LogP contribution in [0.3, 0.4) is 0 Å². The zero-order valence-corrected chi connectivity index (χ0v) is 15.6. The average molecular weight is 354 g/mol. The molecule has 0 spiro atoms. The number of carbonyl (C=O) groups is 2. The molecule has 26 heavy (non-hydrogen) atoms. The van der Waals surface area contributed by atoms with Crippen molar-refractivity contribution in [2.75, 3.05) is 19.0 Å². The molecule has 0 aromatic heterocycles. The number of nitrogens with one attached hydrogen (secondary N) is 2. The van der Waals surface area contributed by atoms with Crippen LogP contribution >= 0.6 is 0 Å². The van der Waals surface area contributed by atoms with Gasteiger partial charge in [-0.15, -0.1) is 0 Å². The molecular formula is C21H26N2O3. The molecule has 0 saturated heterocycles. The summed E-state index contributed by atoms with van der Waals surface area (Å²) in [6.45, 7) is 4.74. The van der Waals surface area contributed by atoms with E-state index in [0.717, 1.165) is 24.8 Å². The van der Waals surface area contributed by atoms with Crippen LogP contribution in [0.15, 0.2) is 42.5 Å². The SMILES string of the molecule is CCCCCNC(=O)c1ccc(C(=O)Nc2cc(C)ccc2OC)cc1. The third kappa shape index (κ3) is 5.34. The molecule has 2 aromatic rings. The van der Waals surface area contributed by atoms with Gasteiger partial charge in [-0.3, -0.25) is 9.59 Å². The van der Waals surface area contributed by atoms with E-state index in [1.165, 1.54) is 0 Å². The van der Waals surface area contributed by atoms with Crippen molar-refractivity contribution in [3.63, 3.8) is 0 Å². The summed E-state index contributed by atoms with van der Waals surface area (Å²) in [5.74, 6) is 0.240. The third-order valence-corrected chi connectivity index (χ3v) is 4.08. The Morgan fingerprint density at radius 3 is 2.23 bits per heavy atom. The summed E-state index contributed by atoms with van der Waals surface area (Å²) in [5, 5.41) is 5.74. The van der Waals surface area contributed by atoms with Crippen molar-refractivity contribution in [2.45, 2.75) is 33.1 Å². The molecule has 5 heteroatoms. The van der Waals surface area contributed by atoms with E-state index in [9.17, 15) is 9.59 Å². The van der Waals surface area contributed by atoms with Gasteiger partial charge in [0.15, 0.2) is 0 Å². The molecule has 0 unspecified atom stereocenters.